The summed E-state index contributed by atoms with van der Waals surface area (Å²) in [5.74, 6) is -3.15. The smallest absolute Gasteiger partial charge is 0.339 e. The second-order valence-corrected chi connectivity index (χ2v) is 9.56. The highest BCUT2D eigenvalue weighted by Crippen LogP contribution is 2.47. The van der Waals surface area contributed by atoms with Crippen LogP contribution in [0.25, 0.3) is 10.8 Å². The van der Waals surface area contributed by atoms with E-state index >= 15 is 0 Å². The highest BCUT2D eigenvalue weighted by molar-refractivity contribution is 9.13. The lowest BCUT2D eigenvalue weighted by Gasteiger charge is -2.21. The van der Waals surface area contributed by atoms with Crippen LogP contribution in [0.4, 0.5) is 0 Å². The van der Waals surface area contributed by atoms with Crippen LogP contribution in [0.2, 0.25) is 0 Å². The molecule has 8 nitrogen and oxygen atoms in total. The Labute approximate surface area is 229 Å². The molecule has 0 aromatic heterocycles. The van der Waals surface area contributed by atoms with Crippen molar-refractivity contribution in [2.75, 3.05) is 26.4 Å². The number of hydrogen-bond donors (Lipinski definition) is 0. The third-order valence-corrected chi connectivity index (χ3v) is 8.67. The van der Waals surface area contributed by atoms with Crippen molar-refractivity contribution >= 4 is 98.4 Å². The van der Waals surface area contributed by atoms with Crippen molar-refractivity contribution in [1.82, 2.24) is 0 Å². The molecule has 0 saturated heterocycles. The molecular weight excluding hydrogens is 712 g/mol. The van der Waals surface area contributed by atoms with E-state index in [1.165, 1.54) is 0 Å². The van der Waals surface area contributed by atoms with Gasteiger partial charge in [-0.1, -0.05) is 0 Å². The van der Waals surface area contributed by atoms with Crippen LogP contribution in [0, 0.1) is 0 Å². The third-order valence-electron chi connectivity index (χ3n) is 4.43. The summed E-state index contributed by atoms with van der Waals surface area (Å²) in [6, 6.07) is 0. The van der Waals surface area contributed by atoms with Crippen LogP contribution in [0.1, 0.15) is 69.1 Å². The normalized spacial score (nSPS) is 10.7. The van der Waals surface area contributed by atoms with Crippen molar-refractivity contribution in [1.29, 1.82) is 0 Å². The average Bonchev–Trinajstić information content (AvgIpc) is 2.77. The fraction of sp³-hybridized carbons (Fsp3) is 0.364. The first-order valence-corrected chi connectivity index (χ1v) is 13.3. The summed E-state index contributed by atoms with van der Waals surface area (Å²) in [6.07, 6.45) is 0. The predicted molar refractivity (Wildman–Crippen MR) is 139 cm³/mol. The van der Waals surface area contributed by atoms with E-state index in [0.29, 0.717) is 0 Å². The maximum absolute atomic E-state index is 13.1. The van der Waals surface area contributed by atoms with Crippen molar-refractivity contribution in [3.63, 3.8) is 0 Å². The van der Waals surface area contributed by atoms with Gasteiger partial charge in [0.25, 0.3) is 0 Å². The minimum absolute atomic E-state index is 0.0341. The Morgan fingerprint density at radius 2 is 0.647 bits per heavy atom. The summed E-state index contributed by atoms with van der Waals surface area (Å²) in [5.41, 5.74) is -0.339. The lowest BCUT2D eigenvalue weighted by molar-refractivity contribution is 0.0503. The number of carbonyl (C=O) groups excluding carboxylic acids is 4. The fourth-order valence-corrected chi connectivity index (χ4v) is 5.44. The van der Waals surface area contributed by atoms with E-state index in [9.17, 15) is 19.2 Å². The second kappa shape index (κ2) is 12.5. The third kappa shape index (κ3) is 5.34. The van der Waals surface area contributed by atoms with E-state index in [4.69, 9.17) is 18.9 Å². The quantitative estimate of drug-likeness (QED) is 0.221. The van der Waals surface area contributed by atoms with E-state index in [0.717, 1.165) is 0 Å². The van der Waals surface area contributed by atoms with Crippen LogP contribution in [-0.2, 0) is 18.9 Å². The predicted octanol–water partition coefficient (Wildman–Crippen LogP) is 6.60. The van der Waals surface area contributed by atoms with Gasteiger partial charge in [0.15, 0.2) is 0 Å². The molecule has 0 heterocycles. The number of fused-ring (bicyclic) bond motifs is 1. The molecule has 0 radical (unpaired) electrons. The van der Waals surface area contributed by atoms with Gasteiger partial charge in [-0.05, 0) is 91.4 Å². The largest absolute Gasteiger partial charge is 0.462 e. The van der Waals surface area contributed by atoms with Crippen molar-refractivity contribution < 1.29 is 38.1 Å². The van der Waals surface area contributed by atoms with Crippen LogP contribution >= 0.6 is 63.7 Å². The standard InChI is InChI=1S/C22H20Br4O8/c1-5-31-19(27)11-9-10(13(16(24)15(11)23)21(29)33-7-3)14(22(30)34-8-4)18(26)17(25)12(9)20(28)32-6-2/h5-8H2,1-4H3. The molecule has 0 amide bonds. The molecule has 2 aromatic carbocycles. The summed E-state index contributed by atoms with van der Waals surface area (Å²) in [6.45, 7) is 6.67. The van der Waals surface area contributed by atoms with E-state index in [1.807, 2.05) is 0 Å². The van der Waals surface area contributed by atoms with Gasteiger partial charge in [0.1, 0.15) is 0 Å². The molecular formula is C22H20Br4O8. The van der Waals surface area contributed by atoms with E-state index < -0.39 is 23.9 Å². The van der Waals surface area contributed by atoms with Crippen LogP contribution in [-0.4, -0.2) is 50.3 Å². The van der Waals surface area contributed by atoms with Gasteiger partial charge >= 0.3 is 23.9 Å². The summed E-state index contributed by atoms with van der Waals surface area (Å²) in [5, 5.41) is -0.0682. The SMILES string of the molecule is CCOC(=O)c1c(Br)c(Br)c(C(=O)OCC)c2c(C(=O)OCC)c(Br)c(Br)c(C(=O)OCC)c12. The topological polar surface area (TPSA) is 105 Å². The van der Waals surface area contributed by atoms with Crippen LogP contribution < -0.4 is 0 Å². The van der Waals surface area contributed by atoms with Gasteiger partial charge in [0, 0.05) is 28.7 Å². The molecule has 0 fully saturated rings. The van der Waals surface area contributed by atoms with Gasteiger partial charge in [-0.2, -0.15) is 0 Å². The molecule has 0 aliphatic rings. The van der Waals surface area contributed by atoms with Gasteiger partial charge < -0.3 is 18.9 Å². The first-order valence-electron chi connectivity index (χ1n) is 10.1. The number of ether oxygens (including phenoxy) is 4. The monoisotopic (exact) mass is 728 g/mol. The first-order chi connectivity index (χ1) is 16.1. The van der Waals surface area contributed by atoms with Crippen molar-refractivity contribution in [3.8, 4) is 0 Å². The number of esters is 4. The molecule has 34 heavy (non-hydrogen) atoms. The Morgan fingerprint density at radius 1 is 0.471 bits per heavy atom. The molecule has 2 rings (SSSR count). The Bertz CT molecular complexity index is 999. The number of benzene rings is 2. The molecule has 2 aromatic rings. The lowest BCUT2D eigenvalue weighted by atomic mass is 9.91. The lowest BCUT2D eigenvalue weighted by Crippen LogP contribution is -2.19. The molecule has 12 heteroatoms. The molecule has 0 atom stereocenters. The number of hydrogen-bond acceptors (Lipinski definition) is 8. The van der Waals surface area contributed by atoms with Gasteiger partial charge in [-0.15, -0.1) is 0 Å². The highest BCUT2D eigenvalue weighted by Gasteiger charge is 2.36. The first kappa shape index (κ1) is 28.7. The van der Waals surface area contributed by atoms with Crippen molar-refractivity contribution in [2.24, 2.45) is 0 Å². The average molecular weight is 732 g/mol. The Morgan fingerprint density at radius 3 is 0.794 bits per heavy atom. The van der Waals surface area contributed by atoms with Gasteiger partial charge in [0.2, 0.25) is 0 Å². The molecule has 0 aliphatic heterocycles. The van der Waals surface area contributed by atoms with Gasteiger partial charge in [-0.3, -0.25) is 0 Å². The molecule has 184 valence electrons. The van der Waals surface area contributed by atoms with Crippen LogP contribution in [0.5, 0.6) is 0 Å². The van der Waals surface area contributed by atoms with Crippen LogP contribution in [0.3, 0.4) is 0 Å². The van der Waals surface area contributed by atoms with Crippen molar-refractivity contribution in [3.05, 3.63) is 40.1 Å². The Kier molecular flexibility index (Phi) is 10.5. The maximum Gasteiger partial charge on any atom is 0.339 e. The minimum atomic E-state index is -0.787. The zero-order valence-electron chi connectivity index (χ0n) is 18.6. The summed E-state index contributed by atoms with van der Waals surface area (Å²) in [7, 11) is 0. The van der Waals surface area contributed by atoms with Gasteiger partial charge in [-0.25, -0.2) is 19.2 Å². The number of carbonyl (C=O) groups is 4. The Hall–Kier alpha value is -1.50. The second-order valence-electron chi connectivity index (χ2n) is 6.39. The molecule has 0 bridgehead atoms. The molecule has 0 unspecified atom stereocenters. The molecule has 0 spiro atoms. The Balaban J connectivity index is 3.36. The number of halogens is 4. The molecule has 0 aliphatic carbocycles. The maximum atomic E-state index is 13.1. The molecule has 0 saturated carbocycles. The van der Waals surface area contributed by atoms with E-state index in [-0.39, 0.29) is 77.3 Å². The zero-order valence-corrected chi connectivity index (χ0v) is 25.0. The fourth-order valence-electron chi connectivity index (χ4n) is 3.21. The minimum Gasteiger partial charge on any atom is -0.462 e. The highest BCUT2D eigenvalue weighted by atomic mass is 79.9. The van der Waals surface area contributed by atoms with Crippen molar-refractivity contribution in [2.45, 2.75) is 27.7 Å². The molecule has 0 N–H and O–H groups in total. The summed E-state index contributed by atoms with van der Waals surface area (Å²) >= 11 is 13.4. The van der Waals surface area contributed by atoms with Gasteiger partial charge in [0.05, 0.1) is 48.7 Å². The van der Waals surface area contributed by atoms with E-state index in [1.54, 1.807) is 27.7 Å². The number of rotatable bonds is 8. The van der Waals surface area contributed by atoms with Crippen LogP contribution in [0.15, 0.2) is 17.9 Å². The zero-order chi connectivity index (χ0) is 25.7. The summed E-state index contributed by atoms with van der Waals surface area (Å²) in [4.78, 5) is 52.4. The van der Waals surface area contributed by atoms with E-state index in [2.05, 4.69) is 63.7 Å². The summed E-state index contributed by atoms with van der Waals surface area (Å²) < 4.78 is 21.5.